The third kappa shape index (κ3) is 3.94. The van der Waals surface area contributed by atoms with Gasteiger partial charge in [-0.3, -0.25) is 4.79 Å². The van der Waals surface area contributed by atoms with E-state index in [0.29, 0.717) is 30.2 Å². The molecule has 0 fully saturated rings. The van der Waals surface area contributed by atoms with E-state index in [1.807, 2.05) is 38.1 Å². The molecular formula is C20H23NO4. The Morgan fingerprint density at radius 3 is 2.72 bits per heavy atom. The van der Waals surface area contributed by atoms with Gasteiger partial charge in [0, 0.05) is 30.7 Å². The molecular weight excluding hydrogens is 318 g/mol. The van der Waals surface area contributed by atoms with Crippen LogP contribution < -0.4 is 14.8 Å². The quantitative estimate of drug-likeness (QED) is 0.868. The number of carbonyl (C=O) groups excluding carboxylic acids is 1. The summed E-state index contributed by atoms with van der Waals surface area (Å²) in [6.45, 7) is 5.01. The average molecular weight is 341 g/mol. The molecule has 1 atom stereocenters. The van der Waals surface area contributed by atoms with Crippen LogP contribution in [0, 0.1) is 0 Å². The number of anilines is 1. The Kier molecular flexibility index (Phi) is 5.24. The van der Waals surface area contributed by atoms with Crippen LogP contribution in [-0.4, -0.2) is 25.7 Å². The van der Waals surface area contributed by atoms with Crippen LogP contribution in [0.4, 0.5) is 5.69 Å². The molecule has 0 bridgehead atoms. The number of methoxy groups -OCH3 is 1. The lowest BCUT2D eigenvalue weighted by atomic mass is 10.1. The second kappa shape index (κ2) is 7.57. The van der Waals surface area contributed by atoms with Crippen LogP contribution in [0.3, 0.4) is 0 Å². The highest BCUT2D eigenvalue weighted by molar-refractivity contribution is 6.05. The molecule has 0 radical (unpaired) electrons. The fourth-order valence-corrected chi connectivity index (χ4v) is 2.93. The number of hydrogen-bond donors (Lipinski definition) is 1. The molecule has 1 unspecified atom stereocenters. The first-order valence-electron chi connectivity index (χ1n) is 8.46. The molecule has 0 aliphatic carbocycles. The largest absolute Gasteiger partial charge is 0.492 e. The number of benzene rings is 2. The van der Waals surface area contributed by atoms with Crippen molar-refractivity contribution in [2.75, 3.05) is 19.0 Å². The summed E-state index contributed by atoms with van der Waals surface area (Å²) in [7, 11) is 1.65. The monoisotopic (exact) mass is 341 g/mol. The van der Waals surface area contributed by atoms with Crippen molar-refractivity contribution in [2.24, 2.45) is 0 Å². The minimum absolute atomic E-state index is 0.142. The molecule has 132 valence electrons. The Morgan fingerprint density at radius 2 is 2.04 bits per heavy atom. The van der Waals surface area contributed by atoms with E-state index in [-0.39, 0.29) is 12.0 Å². The summed E-state index contributed by atoms with van der Waals surface area (Å²) in [5.74, 6) is 1.29. The van der Waals surface area contributed by atoms with Gasteiger partial charge in [-0.05, 0) is 37.6 Å². The maximum Gasteiger partial charge on any atom is 0.255 e. The van der Waals surface area contributed by atoms with Gasteiger partial charge in [0.15, 0.2) is 0 Å². The zero-order valence-electron chi connectivity index (χ0n) is 14.8. The van der Waals surface area contributed by atoms with E-state index in [2.05, 4.69) is 5.32 Å². The SMILES string of the molecule is CCOc1cc2c(cc1NC(=O)c1ccc(COC)cc1)OC(C)C2. The molecule has 1 aliphatic heterocycles. The molecule has 2 aromatic carbocycles. The Morgan fingerprint density at radius 1 is 1.28 bits per heavy atom. The van der Waals surface area contributed by atoms with Gasteiger partial charge in [0.25, 0.3) is 5.91 Å². The smallest absolute Gasteiger partial charge is 0.255 e. The molecule has 0 saturated carbocycles. The highest BCUT2D eigenvalue weighted by atomic mass is 16.5. The van der Waals surface area contributed by atoms with Crippen molar-refractivity contribution in [1.29, 1.82) is 0 Å². The molecule has 5 nitrogen and oxygen atoms in total. The Balaban J connectivity index is 1.81. The molecule has 0 aromatic heterocycles. The summed E-state index contributed by atoms with van der Waals surface area (Å²) in [4.78, 5) is 12.6. The van der Waals surface area contributed by atoms with Gasteiger partial charge >= 0.3 is 0 Å². The van der Waals surface area contributed by atoms with Crippen LogP contribution in [-0.2, 0) is 17.8 Å². The van der Waals surface area contributed by atoms with Crippen LogP contribution in [0.1, 0.15) is 35.3 Å². The van der Waals surface area contributed by atoms with E-state index >= 15 is 0 Å². The van der Waals surface area contributed by atoms with E-state index in [0.717, 1.165) is 23.3 Å². The van der Waals surface area contributed by atoms with Gasteiger partial charge in [-0.1, -0.05) is 12.1 Å². The van der Waals surface area contributed by atoms with E-state index < -0.39 is 0 Å². The molecule has 25 heavy (non-hydrogen) atoms. The standard InChI is InChI=1S/C20H23NO4/c1-4-24-19-10-16-9-13(2)25-18(16)11-17(19)21-20(22)15-7-5-14(6-8-15)12-23-3/h5-8,10-11,13H,4,9,12H2,1-3H3,(H,21,22). The second-order valence-electron chi connectivity index (χ2n) is 6.11. The Labute approximate surface area is 147 Å². The summed E-state index contributed by atoms with van der Waals surface area (Å²) >= 11 is 0. The number of carbonyl (C=O) groups is 1. The number of amides is 1. The lowest BCUT2D eigenvalue weighted by Gasteiger charge is -2.14. The van der Waals surface area contributed by atoms with Crippen LogP contribution >= 0.6 is 0 Å². The van der Waals surface area contributed by atoms with Crippen molar-refractivity contribution in [2.45, 2.75) is 33.0 Å². The predicted octanol–water partition coefficient (Wildman–Crippen LogP) is 3.81. The normalized spacial score (nSPS) is 15.4. The first-order chi connectivity index (χ1) is 12.1. The highest BCUT2D eigenvalue weighted by Gasteiger charge is 2.22. The molecule has 0 spiro atoms. The first-order valence-corrected chi connectivity index (χ1v) is 8.46. The van der Waals surface area contributed by atoms with Crippen molar-refractivity contribution in [3.63, 3.8) is 0 Å². The minimum Gasteiger partial charge on any atom is -0.492 e. The number of nitrogens with one attached hydrogen (secondary N) is 1. The lowest BCUT2D eigenvalue weighted by Crippen LogP contribution is -2.13. The maximum atomic E-state index is 12.6. The summed E-state index contributed by atoms with van der Waals surface area (Å²) in [5, 5.41) is 2.93. The van der Waals surface area contributed by atoms with E-state index in [1.165, 1.54) is 0 Å². The molecule has 0 saturated heterocycles. The fraction of sp³-hybridized carbons (Fsp3) is 0.350. The summed E-state index contributed by atoms with van der Waals surface area (Å²) in [6.07, 6.45) is 0.994. The number of rotatable bonds is 6. The van der Waals surface area contributed by atoms with Crippen LogP contribution in [0.5, 0.6) is 11.5 Å². The van der Waals surface area contributed by atoms with Crippen molar-refractivity contribution in [3.05, 3.63) is 53.1 Å². The van der Waals surface area contributed by atoms with Crippen LogP contribution in [0.15, 0.2) is 36.4 Å². The van der Waals surface area contributed by atoms with E-state index in [9.17, 15) is 4.79 Å². The average Bonchev–Trinajstić information content (AvgIpc) is 2.95. The first kappa shape index (κ1) is 17.3. The second-order valence-corrected chi connectivity index (χ2v) is 6.11. The lowest BCUT2D eigenvalue weighted by molar-refractivity contribution is 0.102. The number of hydrogen-bond acceptors (Lipinski definition) is 4. The van der Waals surface area contributed by atoms with Crippen LogP contribution in [0.25, 0.3) is 0 Å². The van der Waals surface area contributed by atoms with E-state index in [1.54, 1.807) is 19.2 Å². The van der Waals surface area contributed by atoms with Gasteiger partial charge in [-0.2, -0.15) is 0 Å². The van der Waals surface area contributed by atoms with Gasteiger partial charge in [-0.15, -0.1) is 0 Å². The highest BCUT2D eigenvalue weighted by Crippen LogP contribution is 2.38. The molecule has 2 aromatic rings. The van der Waals surface area contributed by atoms with Gasteiger partial charge in [-0.25, -0.2) is 0 Å². The number of fused-ring (bicyclic) bond motifs is 1. The molecule has 1 N–H and O–H groups in total. The zero-order valence-corrected chi connectivity index (χ0v) is 14.8. The molecule has 1 aliphatic rings. The fourth-order valence-electron chi connectivity index (χ4n) is 2.93. The van der Waals surface area contributed by atoms with Crippen molar-refractivity contribution >= 4 is 11.6 Å². The molecule has 5 heteroatoms. The topological polar surface area (TPSA) is 56.8 Å². The zero-order chi connectivity index (χ0) is 17.8. The maximum absolute atomic E-state index is 12.6. The number of ether oxygens (including phenoxy) is 3. The minimum atomic E-state index is -0.184. The third-order valence-corrected chi connectivity index (χ3v) is 4.07. The van der Waals surface area contributed by atoms with Gasteiger partial charge < -0.3 is 19.5 Å². The third-order valence-electron chi connectivity index (χ3n) is 4.07. The van der Waals surface area contributed by atoms with Gasteiger partial charge in [0.2, 0.25) is 0 Å². The molecule has 1 heterocycles. The summed E-state index contributed by atoms with van der Waals surface area (Å²) < 4.78 is 16.6. The Hall–Kier alpha value is -2.53. The molecule has 3 rings (SSSR count). The van der Waals surface area contributed by atoms with E-state index in [4.69, 9.17) is 14.2 Å². The predicted molar refractivity (Wildman–Crippen MR) is 96.5 cm³/mol. The summed E-state index contributed by atoms with van der Waals surface area (Å²) in [6, 6.07) is 11.2. The molecule has 1 amide bonds. The van der Waals surface area contributed by atoms with Crippen molar-refractivity contribution < 1.29 is 19.0 Å². The van der Waals surface area contributed by atoms with Crippen LogP contribution in [0.2, 0.25) is 0 Å². The van der Waals surface area contributed by atoms with Crippen molar-refractivity contribution in [1.82, 2.24) is 0 Å². The van der Waals surface area contributed by atoms with Crippen molar-refractivity contribution in [3.8, 4) is 11.5 Å². The van der Waals surface area contributed by atoms with Gasteiger partial charge in [0.05, 0.1) is 18.9 Å². The summed E-state index contributed by atoms with van der Waals surface area (Å²) in [5.41, 5.74) is 3.34. The Bertz CT molecular complexity index is 755. The van der Waals surface area contributed by atoms with Gasteiger partial charge in [0.1, 0.15) is 17.6 Å².